The largest absolute Gasteiger partial charge is 0.504 e. The Kier molecular flexibility index (Phi) is 9.99. The molecule has 1 aromatic heterocycles. The number of nitrogens with one attached hydrogen (secondary N) is 1. The zero-order valence-electron chi connectivity index (χ0n) is 20.5. The van der Waals surface area contributed by atoms with Gasteiger partial charge in [-0.15, -0.1) is 0 Å². The van der Waals surface area contributed by atoms with Crippen LogP contribution in [0.25, 0.3) is 0 Å². The topological polar surface area (TPSA) is 71.9 Å². The van der Waals surface area contributed by atoms with E-state index in [1.54, 1.807) is 6.20 Å². The predicted molar refractivity (Wildman–Crippen MR) is 140 cm³/mol. The Morgan fingerprint density at radius 3 is 2.50 bits per heavy atom. The van der Waals surface area contributed by atoms with Crippen LogP contribution in [0, 0.1) is 0 Å². The Morgan fingerprint density at radius 2 is 1.91 bits per heavy atom. The normalized spacial score (nSPS) is 19.3. The molecule has 7 nitrogen and oxygen atoms in total. The Bertz CT molecular complexity index is 900. The molecule has 0 spiro atoms. The van der Waals surface area contributed by atoms with Crippen LogP contribution in [-0.4, -0.2) is 84.2 Å². The van der Waals surface area contributed by atoms with Gasteiger partial charge in [0.05, 0.1) is 5.56 Å². The first-order valence-electron chi connectivity index (χ1n) is 12.3. The number of likely N-dealkylation sites (tertiary alicyclic amines) is 1. The van der Waals surface area contributed by atoms with Gasteiger partial charge in [0, 0.05) is 56.5 Å². The number of carbonyl (C=O) groups is 1. The molecule has 0 atom stereocenters. The van der Waals surface area contributed by atoms with E-state index in [2.05, 4.69) is 37.7 Å². The van der Waals surface area contributed by atoms with Crippen LogP contribution in [-0.2, 0) is 0 Å². The van der Waals surface area contributed by atoms with Crippen LogP contribution in [0.3, 0.4) is 0 Å². The fraction of sp³-hybridized carbons (Fsp3) is 0.538. The lowest BCUT2D eigenvalue weighted by Crippen LogP contribution is -2.53. The van der Waals surface area contributed by atoms with E-state index in [4.69, 9.17) is 11.6 Å². The van der Waals surface area contributed by atoms with Crippen molar-refractivity contribution in [1.82, 2.24) is 20.1 Å². The summed E-state index contributed by atoms with van der Waals surface area (Å²) in [5.74, 6) is 0.403. The van der Waals surface area contributed by atoms with Gasteiger partial charge in [0.2, 0.25) is 0 Å². The summed E-state index contributed by atoms with van der Waals surface area (Å²) >= 11 is 6.13. The van der Waals surface area contributed by atoms with Crippen molar-refractivity contribution >= 4 is 23.3 Å². The number of anilines is 1. The molecule has 2 fully saturated rings. The highest BCUT2D eigenvalue weighted by Crippen LogP contribution is 2.27. The quantitative estimate of drug-likeness (QED) is 0.517. The summed E-state index contributed by atoms with van der Waals surface area (Å²) in [4.78, 5) is 23.5. The third-order valence-corrected chi connectivity index (χ3v) is 7.01. The average Bonchev–Trinajstić information content (AvgIpc) is 2.87. The highest BCUT2D eigenvalue weighted by atomic mass is 35.5. The second-order valence-corrected chi connectivity index (χ2v) is 9.35. The molecule has 2 saturated heterocycles. The molecule has 34 heavy (non-hydrogen) atoms. The summed E-state index contributed by atoms with van der Waals surface area (Å²) in [5.41, 5.74) is 1.58. The lowest BCUT2D eigenvalue weighted by molar-refractivity contribution is 0.0955. The molecular weight excluding hydrogens is 450 g/mol. The SMILES string of the molecule is C=C/C(=C\C=C(\Cl)CC)CN1CCC(N2CCN(c3ncc(C(=O)NCC)cc3O)CC2)CC1. The van der Waals surface area contributed by atoms with Crippen molar-refractivity contribution in [1.29, 1.82) is 0 Å². The van der Waals surface area contributed by atoms with Gasteiger partial charge in [-0.3, -0.25) is 14.6 Å². The highest BCUT2D eigenvalue weighted by molar-refractivity contribution is 6.29. The van der Waals surface area contributed by atoms with Crippen LogP contribution in [0.4, 0.5) is 5.82 Å². The second kappa shape index (κ2) is 12.9. The number of hydrogen-bond acceptors (Lipinski definition) is 6. The van der Waals surface area contributed by atoms with E-state index in [0.717, 1.165) is 70.1 Å². The first kappa shape index (κ1) is 26.3. The molecule has 3 heterocycles. The van der Waals surface area contributed by atoms with Crippen LogP contribution >= 0.6 is 11.6 Å². The molecule has 2 aliphatic rings. The molecule has 0 aromatic carbocycles. The number of rotatable bonds is 9. The predicted octanol–water partition coefficient (Wildman–Crippen LogP) is 3.77. The van der Waals surface area contributed by atoms with Crippen LogP contribution in [0.1, 0.15) is 43.5 Å². The van der Waals surface area contributed by atoms with Crippen molar-refractivity contribution in [3.05, 3.63) is 53.2 Å². The molecule has 0 aliphatic carbocycles. The maximum Gasteiger partial charge on any atom is 0.252 e. The van der Waals surface area contributed by atoms with Crippen molar-refractivity contribution in [3.8, 4) is 5.75 Å². The molecule has 0 unspecified atom stereocenters. The van der Waals surface area contributed by atoms with Gasteiger partial charge in [-0.25, -0.2) is 4.98 Å². The van der Waals surface area contributed by atoms with Gasteiger partial charge in [-0.1, -0.05) is 37.3 Å². The summed E-state index contributed by atoms with van der Waals surface area (Å²) in [6, 6.07) is 2.10. The Morgan fingerprint density at radius 1 is 1.21 bits per heavy atom. The van der Waals surface area contributed by atoms with E-state index in [1.165, 1.54) is 11.6 Å². The maximum absolute atomic E-state index is 12.0. The van der Waals surface area contributed by atoms with Gasteiger partial charge in [-0.05, 0) is 57.0 Å². The van der Waals surface area contributed by atoms with Crippen LogP contribution < -0.4 is 10.2 Å². The van der Waals surface area contributed by atoms with Crippen molar-refractivity contribution in [2.75, 3.05) is 57.3 Å². The summed E-state index contributed by atoms with van der Waals surface area (Å²) in [6.07, 6.45) is 10.7. The van der Waals surface area contributed by atoms with Crippen molar-refractivity contribution in [2.45, 2.75) is 39.2 Å². The number of nitrogens with zero attached hydrogens (tertiary/aromatic N) is 4. The molecule has 0 radical (unpaired) electrons. The van der Waals surface area contributed by atoms with E-state index in [1.807, 2.05) is 26.0 Å². The van der Waals surface area contributed by atoms with Gasteiger partial charge in [0.1, 0.15) is 0 Å². The number of aromatic nitrogens is 1. The summed E-state index contributed by atoms with van der Waals surface area (Å²) in [7, 11) is 0. The Hall–Kier alpha value is -2.35. The maximum atomic E-state index is 12.0. The monoisotopic (exact) mass is 487 g/mol. The Balaban J connectivity index is 1.48. The van der Waals surface area contributed by atoms with Crippen LogP contribution in [0.2, 0.25) is 0 Å². The first-order chi connectivity index (χ1) is 16.4. The van der Waals surface area contributed by atoms with Crippen molar-refractivity contribution < 1.29 is 9.90 Å². The van der Waals surface area contributed by atoms with Gasteiger partial charge in [-0.2, -0.15) is 0 Å². The number of carbonyl (C=O) groups excluding carboxylic acids is 1. The number of amides is 1. The molecule has 1 aromatic rings. The van der Waals surface area contributed by atoms with E-state index in [9.17, 15) is 9.90 Å². The fourth-order valence-electron chi connectivity index (χ4n) is 4.58. The third-order valence-electron chi connectivity index (χ3n) is 6.62. The van der Waals surface area contributed by atoms with Crippen LogP contribution in [0.5, 0.6) is 5.75 Å². The smallest absolute Gasteiger partial charge is 0.252 e. The van der Waals surface area contributed by atoms with Gasteiger partial charge in [0.25, 0.3) is 5.91 Å². The lowest BCUT2D eigenvalue weighted by Gasteiger charge is -2.43. The minimum absolute atomic E-state index is 0.0617. The number of piperidine rings is 1. The summed E-state index contributed by atoms with van der Waals surface area (Å²) in [6.45, 7) is 15.0. The van der Waals surface area contributed by atoms with Crippen molar-refractivity contribution in [3.63, 3.8) is 0 Å². The Labute approximate surface area is 208 Å². The molecule has 0 saturated carbocycles. The molecule has 0 bridgehead atoms. The molecule has 1 amide bonds. The lowest BCUT2D eigenvalue weighted by atomic mass is 10.0. The molecule has 2 N–H and O–H groups in total. The minimum atomic E-state index is -0.218. The molecular formula is C26H38ClN5O2. The molecule has 2 aliphatic heterocycles. The summed E-state index contributed by atoms with van der Waals surface area (Å²) in [5, 5.41) is 14.0. The number of hydrogen-bond donors (Lipinski definition) is 2. The van der Waals surface area contributed by atoms with E-state index in [0.29, 0.717) is 24.0 Å². The zero-order valence-corrected chi connectivity index (χ0v) is 21.2. The van der Waals surface area contributed by atoms with Gasteiger partial charge < -0.3 is 15.3 Å². The molecule has 8 heteroatoms. The molecule has 3 rings (SSSR count). The number of piperazine rings is 1. The van der Waals surface area contributed by atoms with E-state index in [-0.39, 0.29) is 11.7 Å². The zero-order chi connectivity index (χ0) is 24.5. The number of aromatic hydroxyl groups is 1. The van der Waals surface area contributed by atoms with Crippen LogP contribution in [0.15, 0.2) is 47.7 Å². The van der Waals surface area contributed by atoms with E-state index >= 15 is 0 Å². The third kappa shape index (κ3) is 7.08. The number of allylic oxidation sites excluding steroid dienone is 3. The second-order valence-electron chi connectivity index (χ2n) is 8.87. The molecule has 186 valence electrons. The highest BCUT2D eigenvalue weighted by Gasteiger charge is 2.28. The minimum Gasteiger partial charge on any atom is -0.504 e. The van der Waals surface area contributed by atoms with Gasteiger partial charge in [0.15, 0.2) is 11.6 Å². The number of halogens is 1. The van der Waals surface area contributed by atoms with E-state index < -0.39 is 0 Å². The summed E-state index contributed by atoms with van der Waals surface area (Å²) < 4.78 is 0. The van der Waals surface area contributed by atoms with Crippen molar-refractivity contribution in [2.24, 2.45) is 0 Å². The first-order valence-corrected chi connectivity index (χ1v) is 12.7. The number of pyridine rings is 1. The fourth-order valence-corrected chi connectivity index (χ4v) is 4.64. The van der Waals surface area contributed by atoms with Gasteiger partial charge >= 0.3 is 0 Å². The average molecular weight is 488 g/mol. The standard InChI is InChI=1S/C26H38ClN5O2/c1-4-20(7-8-22(27)5-2)19-30-11-9-23(10-12-30)31-13-15-32(16-14-31)25-24(33)17-21(18-29-25)26(34)28-6-3/h4,7-8,17-18,23,33H,1,5-6,9-16,19H2,2-3H3,(H,28,34)/b20-7+,22-8+.